The molecule has 3 nitrogen and oxygen atoms in total. The van der Waals surface area contributed by atoms with Gasteiger partial charge in [0, 0.05) is 12.0 Å². The fraction of sp³-hybridized carbons (Fsp3) is 0.625. The van der Waals surface area contributed by atoms with Gasteiger partial charge in [0.05, 0.1) is 12.7 Å². The van der Waals surface area contributed by atoms with Crippen molar-refractivity contribution in [2.75, 3.05) is 13.2 Å². The maximum absolute atomic E-state index is 9.48. The Bertz CT molecular complexity index is 364. The van der Waals surface area contributed by atoms with E-state index in [4.69, 9.17) is 4.74 Å². The number of aliphatic hydroxyl groups excluding tert-OH is 1. The number of aryl methyl sites for hydroxylation is 1. The molecule has 108 valence electrons. The smallest absolute Gasteiger partial charge is 0.119 e. The summed E-state index contributed by atoms with van der Waals surface area (Å²) in [7, 11) is 0. The summed E-state index contributed by atoms with van der Waals surface area (Å²) in [6.45, 7) is 9.21. The van der Waals surface area contributed by atoms with Gasteiger partial charge in [-0.05, 0) is 44.5 Å². The Morgan fingerprint density at radius 1 is 1.26 bits per heavy atom. The average Bonchev–Trinajstić information content (AvgIpc) is 2.39. The zero-order chi connectivity index (χ0) is 14.3. The minimum Gasteiger partial charge on any atom is -0.491 e. The van der Waals surface area contributed by atoms with Crippen LogP contribution >= 0.6 is 0 Å². The van der Waals surface area contributed by atoms with Crippen LogP contribution < -0.4 is 10.1 Å². The van der Waals surface area contributed by atoms with E-state index < -0.39 is 0 Å². The van der Waals surface area contributed by atoms with Crippen molar-refractivity contribution in [2.45, 2.75) is 52.2 Å². The topological polar surface area (TPSA) is 41.5 Å². The highest BCUT2D eigenvalue weighted by atomic mass is 16.5. The number of benzene rings is 1. The molecule has 1 rings (SSSR count). The quantitative estimate of drug-likeness (QED) is 0.759. The van der Waals surface area contributed by atoms with Gasteiger partial charge in [0.25, 0.3) is 0 Å². The lowest BCUT2D eigenvalue weighted by Gasteiger charge is -2.31. The molecule has 0 aromatic heterocycles. The van der Waals surface area contributed by atoms with Crippen LogP contribution in [-0.2, 0) is 6.42 Å². The van der Waals surface area contributed by atoms with Crippen LogP contribution in [0.25, 0.3) is 0 Å². The summed E-state index contributed by atoms with van der Waals surface area (Å²) in [5.41, 5.74) is 1.03. The molecule has 0 aliphatic heterocycles. The van der Waals surface area contributed by atoms with Gasteiger partial charge in [0.15, 0.2) is 0 Å². The zero-order valence-corrected chi connectivity index (χ0v) is 12.6. The number of nitrogens with one attached hydrogen (secondary N) is 1. The molecular weight excluding hydrogens is 238 g/mol. The Balaban J connectivity index is 2.55. The lowest BCUT2D eigenvalue weighted by Crippen LogP contribution is -2.48. The van der Waals surface area contributed by atoms with Gasteiger partial charge in [-0.3, -0.25) is 0 Å². The molecule has 3 heteroatoms. The summed E-state index contributed by atoms with van der Waals surface area (Å²) in [5.74, 6) is 0.890. The molecule has 0 aliphatic rings. The van der Waals surface area contributed by atoms with Crippen molar-refractivity contribution in [1.29, 1.82) is 0 Å². The molecular formula is C16H27NO2. The van der Waals surface area contributed by atoms with Crippen molar-refractivity contribution < 1.29 is 9.84 Å². The molecule has 1 aromatic rings. The van der Waals surface area contributed by atoms with Crippen LogP contribution in [0, 0.1) is 0 Å². The lowest BCUT2D eigenvalue weighted by molar-refractivity contribution is 0.111. The molecule has 0 aliphatic carbocycles. The fourth-order valence-corrected chi connectivity index (χ4v) is 2.33. The standard InChI is InChI=1S/C16H27NO2/c1-5-14-7-9-15(10-8-14)19-13(3)11-16(4,12-18)17-6-2/h7-10,13,17-18H,5-6,11-12H2,1-4H3. The number of aliphatic hydroxyl groups is 1. The van der Waals surface area contributed by atoms with E-state index in [1.165, 1.54) is 5.56 Å². The third-order valence-corrected chi connectivity index (χ3v) is 3.36. The van der Waals surface area contributed by atoms with Gasteiger partial charge in [-0.2, -0.15) is 0 Å². The Hall–Kier alpha value is -1.06. The highest BCUT2D eigenvalue weighted by Gasteiger charge is 2.25. The monoisotopic (exact) mass is 265 g/mol. The summed E-state index contributed by atoms with van der Waals surface area (Å²) in [6.07, 6.45) is 1.87. The van der Waals surface area contributed by atoms with Gasteiger partial charge in [-0.1, -0.05) is 26.0 Å². The third-order valence-electron chi connectivity index (χ3n) is 3.36. The first-order valence-electron chi connectivity index (χ1n) is 7.14. The molecule has 0 bridgehead atoms. The fourth-order valence-electron chi connectivity index (χ4n) is 2.33. The predicted molar refractivity (Wildman–Crippen MR) is 79.7 cm³/mol. The van der Waals surface area contributed by atoms with Crippen LogP contribution in [0.1, 0.15) is 39.7 Å². The summed E-state index contributed by atoms with van der Waals surface area (Å²) in [6, 6.07) is 8.22. The molecule has 0 heterocycles. The SMILES string of the molecule is CCNC(C)(CO)CC(C)Oc1ccc(CC)cc1. The van der Waals surface area contributed by atoms with E-state index in [2.05, 4.69) is 24.4 Å². The molecule has 2 atom stereocenters. The summed E-state index contributed by atoms with van der Waals surface area (Å²) in [4.78, 5) is 0. The van der Waals surface area contributed by atoms with Crippen LogP contribution in [0.2, 0.25) is 0 Å². The number of likely N-dealkylation sites (N-methyl/N-ethyl adjacent to an activating group) is 1. The van der Waals surface area contributed by atoms with Gasteiger partial charge in [-0.15, -0.1) is 0 Å². The predicted octanol–water partition coefficient (Wildman–Crippen LogP) is 2.77. The Kier molecular flexibility index (Phi) is 6.32. The molecule has 1 aromatic carbocycles. The highest BCUT2D eigenvalue weighted by Crippen LogP contribution is 2.19. The Morgan fingerprint density at radius 2 is 1.89 bits per heavy atom. The Labute approximate surface area is 117 Å². The van der Waals surface area contributed by atoms with Gasteiger partial charge in [0.2, 0.25) is 0 Å². The van der Waals surface area contributed by atoms with Crippen LogP contribution in [0.15, 0.2) is 24.3 Å². The Morgan fingerprint density at radius 3 is 2.37 bits per heavy atom. The van der Waals surface area contributed by atoms with Crippen molar-refractivity contribution >= 4 is 0 Å². The van der Waals surface area contributed by atoms with E-state index in [-0.39, 0.29) is 18.2 Å². The van der Waals surface area contributed by atoms with Gasteiger partial charge in [0.1, 0.15) is 5.75 Å². The maximum atomic E-state index is 9.48. The third kappa shape index (κ3) is 5.21. The van der Waals surface area contributed by atoms with Gasteiger partial charge < -0.3 is 15.2 Å². The van der Waals surface area contributed by atoms with Gasteiger partial charge >= 0.3 is 0 Å². The average molecular weight is 265 g/mol. The number of hydrogen-bond acceptors (Lipinski definition) is 3. The second-order valence-electron chi connectivity index (χ2n) is 5.38. The largest absolute Gasteiger partial charge is 0.491 e. The zero-order valence-electron chi connectivity index (χ0n) is 12.6. The minimum absolute atomic E-state index is 0.0590. The molecule has 2 N–H and O–H groups in total. The van der Waals surface area contributed by atoms with Crippen LogP contribution in [-0.4, -0.2) is 29.9 Å². The van der Waals surface area contributed by atoms with Crippen LogP contribution in [0.5, 0.6) is 5.75 Å². The lowest BCUT2D eigenvalue weighted by atomic mass is 9.95. The van der Waals surface area contributed by atoms with Crippen molar-refractivity contribution in [2.24, 2.45) is 0 Å². The van der Waals surface area contributed by atoms with Crippen LogP contribution in [0.3, 0.4) is 0 Å². The first kappa shape index (κ1) is 16.0. The summed E-state index contributed by atoms with van der Waals surface area (Å²) in [5, 5.41) is 12.8. The number of ether oxygens (including phenoxy) is 1. The van der Waals surface area contributed by atoms with E-state index in [1.807, 2.05) is 32.9 Å². The molecule has 0 amide bonds. The molecule has 0 saturated carbocycles. The van der Waals surface area contributed by atoms with Crippen molar-refractivity contribution in [1.82, 2.24) is 5.32 Å². The molecule has 19 heavy (non-hydrogen) atoms. The second-order valence-corrected chi connectivity index (χ2v) is 5.38. The van der Waals surface area contributed by atoms with E-state index in [9.17, 15) is 5.11 Å². The first-order valence-corrected chi connectivity index (χ1v) is 7.14. The maximum Gasteiger partial charge on any atom is 0.119 e. The van der Waals surface area contributed by atoms with E-state index >= 15 is 0 Å². The molecule has 0 radical (unpaired) electrons. The second kappa shape index (κ2) is 7.51. The minimum atomic E-state index is -0.280. The van der Waals surface area contributed by atoms with Crippen LogP contribution in [0.4, 0.5) is 0 Å². The molecule has 0 spiro atoms. The molecule has 2 unspecified atom stereocenters. The van der Waals surface area contributed by atoms with E-state index in [1.54, 1.807) is 0 Å². The molecule has 0 fully saturated rings. The molecule has 0 saturated heterocycles. The van der Waals surface area contributed by atoms with Crippen molar-refractivity contribution in [3.8, 4) is 5.75 Å². The van der Waals surface area contributed by atoms with Crippen molar-refractivity contribution in [3.63, 3.8) is 0 Å². The van der Waals surface area contributed by atoms with E-state index in [0.717, 1.165) is 25.1 Å². The van der Waals surface area contributed by atoms with Crippen molar-refractivity contribution in [3.05, 3.63) is 29.8 Å². The normalized spacial score (nSPS) is 15.8. The van der Waals surface area contributed by atoms with Gasteiger partial charge in [-0.25, -0.2) is 0 Å². The summed E-state index contributed by atoms with van der Waals surface area (Å²) < 4.78 is 5.91. The highest BCUT2D eigenvalue weighted by molar-refractivity contribution is 5.27. The number of rotatable bonds is 8. The summed E-state index contributed by atoms with van der Waals surface area (Å²) >= 11 is 0. The van der Waals surface area contributed by atoms with E-state index in [0.29, 0.717) is 0 Å². The number of hydrogen-bond donors (Lipinski definition) is 2. The first-order chi connectivity index (χ1) is 9.03.